The number of nitrogens with one attached hydrogen (secondary N) is 1. The maximum absolute atomic E-state index is 13.8. The summed E-state index contributed by atoms with van der Waals surface area (Å²) in [5.41, 5.74) is 1.86. The van der Waals surface area contributed by atoms with E-state index in [9.17, 15) is 9.18 Å². The number of carbonyl (C=O) groups is 1. The highest BCUT2D eigenvalue weighted by Gasteiger charge is 2.30. The van der Waals surface area contributed by atoms with Crippen LogP contribution in [0, 0.1) is 12.7 Å². The second-order valence-electron chi connectivity index (χ2n) is 5.92. The molecule has 1 aliphatic heterocycles. The van der Waals surface area contributed by atoms with Gasteiger partial charge in [-0.1, -0.05) is 24.3 Å². The highest BCUT2D eigenvalue weighted by Crippen LogP contribution is 2.31. The fourth-order valence-electron chi connectivity index (χ4n) is 3.06. The van der Waals surface area contributed by atoms with Gasteiger partial charge in [0.2, 0.25) is 0 Å². The smallest absolute Gasteiger partial charge is 0.254 e. The van der Waals surface area contributed by atoms with Crippen LogP contribution in [-0.4, -0.2) is 37.6 Å². The fraction of sp³-hybridized carbons (Fsp3) is 0.316. The second kappa shape index (κ2) is 7.01. The van der Waals surface area contributed by atoms with Crippen molar-refractivity contribution in [1.29, 1.82) is 0 Å². The van der Waals surface area contributed by atoms with Crippen LogP contribution in [0.1, 0.15) is 27.5 Å². The van der Waals surface area contributed by atoms with Crippen molar-refractivity contribution in [3.63, 3.8) is 0 Å². The number of ether oxygens (including phenoxy) is 1. The van der Waals surface area contributed by atoms with Gasteiger partial charge in [0.25, 0.3) is 5.91 Å². The van der Waals surface area contributed by atoms with Crippen LogP contribution < -0.4 is 10.1 Å². The molecule has 1 fully saturated rings. The van der Waals surface area contributed by atoms with E-state index in [1.165, 1.54) is 6.07 Å². The lowest BCUT2D eigenvalue weighted by molar-refractivity contribution is 0.0631. The van der Waals surface area contributed by atoms with Crippen LogP contribution in [-0.2, 0) is 0 Å². The number of benzene rings is 2. The lowest BCUT2D eigenvalue weighted by Crippen LogP contribution is -2.48. The third-order valence-electron chi connectivity index (χ3n) is 4.42. The molecular weight excluding hydrogens is 307 g/mol. The van der Waals surface area contributed by atoms with E-state index in [0.29, 0.717) is 30.8 Å². The van der Waals surface area contributed by atoms with Crippen LogP contribution >= 0.6 is 0 Å². The summed E-state index contributed by atoms with van der Waals surface area (Å²) in [4.78, 5) is 14.7. The van der Waals surface area contributed by atoms with Crippen molar-refractivity contribution in [3.8, 4) is 5.75 Å². The number of hydrogen-bond acceptors (Lipinski definition) is 3. The van der Waals surface area contributed by atoms with Gasteiger partial charge in [0.05, 0.1) is 13.2 Å². The Labute approximate surface area is 141 Å². The molecule has 1 atom stereocenters. The monoisotopic (exact) mass is 328 g/mol. The van der Waals surface area contributed by atoms with Gasteiger partial charge < -0.3 is 15.0 Å². The first-order valence-electron chi connectivity index (χ1n) is 8.02. The number of piperazine rings is 1. The number of rotatable bonds is 3. The number of hydrogen-bond donors (Lipinski definition) is 1. The molecule has 1 heterocycles. The molecular formula is C19H21FN2O2. The number of para-hydroxylation sites is 1. The molecule has 1 saturated heterocycles. The van der Waals surface area contributed by atoms with Gasteiger partial charge in [-0.2, -0.15) is 0 Å². The Morgan fingerprint density at radius 2 is 2.08 bits per heavy atom. The van der Waals surface area contributed by atoms with Gasteiger partial charge in [0.1, 0.15) is 11.6 Å². The minimum absolute atomic E-state index is 0.147. The molecule has 5 heteroatoms. The van der Waals surface area contributed by atoms with Gasteiger partial charge in [-0.3, -0.25) is 4.79 Å². The predicted molar refractivity (Wildman–Crippen MR) is 90.8 cm³/mol. The van der Waals surface area contributed by atoms with E-state index in [4.69, 9.17) is 4.74 Å². The van der Waals surface area contributed by atoms with Crippen LogP contribution in [0.4, 0.5) is 4.39 Å². The van der Waals surface area contributed by atoms with Crippen molar-refractivity contribution >= 4 is 5.91 Å². The van der Waals surface area contributed by atoms with Crippen LogP contribution in [0.15, 0.2) is 42.5 Å². The number of amides is 1. The molecule has 126 valence electrons. The number of methoxy groups -OCH3 is 1. The zero-order valence-corrected chi connectivity index (χ0v) is 13.9. The minimum atomic E-state index is -0.357. The third-order valence-corrected chi connectivity index (χ3v) is 4.42. The molecule has 2 aromatic rings. The number of nitrogens with zero attached hydrogens (tertiary/aromatic N) is 1. The first-order valence-corrected chi connectivity index (χ1v) is 8.02. The molecule has 0 saturated carbocycles. The van der Waals surface area contributed by atoms with Crippen LogP contribution in [0.3, 0.4) is 0 Å². The Morgan fingerprint density at radius 3 is 2.83 bits per heavy atom. The van der Waals surface area contributed by atoms with Crippen LogP contribution in [0.25, 0.3) is 0 Å². The van der Waals surface area contributed by atoms with Crippen molar-refractivity contribution in [1.82, 2.24) is 10.2 Å². The molecule has 1 N–H and O–H groups in total. The van der Waals surface area contributed by atoms with Gasteiger partial charge in [0, 0.05) is 30.8 Å². The summed E-state index contributed by atoms with van der Waals surface area (Å²) in [6, 6.07) is 12.2. The van der Waals surface area contributed by atoms with E-state index in [1.54, 1.807) is 31.1 Å². The molecule has 1 aliphatic rings. The number of aryl methyl sites for hydroxylation is 1. The summed E-state index contributed by atoms with van der Waals surface area (Å²) in [5, 5.41) is 3.32. The molecule has 0 bridgehead atoms. The van der Waals surface area contributed by atoms with Crippen molar-refractivity contribution in [2.24, 2.45) is 0 Å². The molecule has 24 heavy (non-hydrogen) atoms. The molecule has 0 aliphatic carbocycles. The largest absolute Gasteiger partial charge is 0.496 e. The topological polar surface area (TPSA) is 41.6 Å². The van der Waals surface area contributed by atoms with E-state index < -0.39 is 0 Å². The molecule has 3 rings (SSSR count). The average Bonchev–Trinajstić information content (AvgIpc) is 2.63. The lowest BCUT2D eigenvalue weighted by atomic mass is 10.0. The lowest BCUT2D eigenvalue weighted by Gasteiger charge is -2.37. The first kappa shape index (κ1) is 16.5. The number of halogens is 1. The normalized spacial score (nSPS) is 17.6. The summed E-state index contributed by atoms with van der Waals surface area (Å²) in [5.74, 6) is 0.232. The molecule has 0 spiro atoms. The van der Waals surface area contributed by atoms with Crippen LogP contribution in [0.2, 0.25) is 0 Å². The van der Waals surface area contributed by atoms with Gasteiger partial charge in [-0.05, 0) is 30.7 Å². The van der Waals surface area contributed by atoms with Crippen LogP contribution in [0.5, 0.6) is 5.75 Å². The highest BCUT2D eigenvalue weighted by atomic mass is 19.1. The maximum Gasteiger partial charge on any atom is 0.254 e. The number of carbonyl (C=O) groups excluding carboxylic acids is 1. The van der Waals surface area contributed by atoms with Crippen molar-refractivity contribution in [3.05, 3.63) is 65.0 Å². The average molecular weight is 328 g/mol. The van der Waals surface area contributed by atoms with E-state index >= 15 is 0 Å². The third kappa shape index (κ3) is 3.12. The highest BCUT2D eigenvalue weighted by molar-refractivity contribution is 5.94. The summed E-state index contributed by atoms with van der Waals surface area (Å²) in [6.07, 6.45) is 0. The second-order valence-corrected chi connectivity index (χ2v) is 5.92. The molecule has 0 aromatic heterocycles. The first-order chi connectivity index (χ1) is 11.6. The van der Waals surface area contributed by atoms with Gasteiger partial charge in [0.15, 0.2) is 0 Å². The molecule has 4 nitrogen and oxygen atoms in total. The van der Waals surface area contributed by atoms with Gasteiger partial charge in [-0.15, -0.1) is 0 Å². The molecule has 1 amide bonds. The van der Waals surface area contributed by atoms with E-state index in [1.807, 2.05) is 24.3 Å². The molecule has 0 radical (unpaired) electrons. The van der Waals surface area contributed by atoms with Crippen molar-refractivity contribution in [2.45, 2.75) is 13.0 Å². The summed E-state index contributed by atoms with van der Waals surface area (Å²) in [7, 11) is 1.62. The Balaban J connectivity index is 1.94. The minimum Gasteiger partial charge on any atom is -0.496 e. The zero-order valence-electron chi connectivity index (χ0n) is 13.9. The summed E-state index contributed by atoms with van der Waals surface area (Å²) >= 11 is 0. The standard InChI is InChI=1S/C19H21FN2O2/c1-13-7-8-14(11-16(13)20)19(23)22-10-9-21-12-17(22)15-5-3-4-6-18(15)24-2/h3-8,11,17,21H,9-10,12H2,1-2H3. The van der Waals surface area contributed by atoms with E-state index in [0.717, 1.165) is 11.3 Å². The Morgan fingerprint density at radius 1 is 1.29 bits per heavy atom. The van der Waals surface area contributed by atoms with Crippen molar-refractivity contribution in [2.75, 3.05) is 26.7 Å². The Bertz CT molecular complexity index is 748. The predicted octanol–water partition coefficient (Wildman–Crippen LogP) is 2.93. The Hall–Kier alpha value is -2.40. The Kier molecular flexibility index (Phi) is 4.81. The zero-order chi connectivity index (χ0) is 17.1. The molecule has 1 unspecified atom stereocenters. The molecule has 2 aromatic carbocycles. The van der Waals surface area contributed by atoms with E-state index in [-0.39, 0.29) is 17.8 Å². The summed E-state index contributed by atoms with van der Waals surface area (Å²) < 4.78 is 19.3. The van der Waals surface area contributed by atoms with Gasteiger partial charge >= 0.3 is 0 Å². The quantitative estimate of drug-likeness (QED) is 0.942. The fourth-order valence-corrected chi connectivity index (χ4v) is 3.06. The maximum atomic E-state index is 13.8. The SMILES string of the molecule is COc1ccccc1C1CNCCN1C(=O)c1ccc(C)c(F)c1. The van der Waals surface area contributed by atoms with Crippen molar-refractivity contribution < 1.29 is 13.9 Å². The van der Waals surface area contributed by atoms with E-state index in [2.05, 4.69) is 5.32 Å². The van der Waals surface area contributed by atoms with Gasteiger partial charge in [-0.25, -0.2) is 4.39 Å². The summed E-state index contributed by atoms with van der Waals surface area (Å²) in [6.45, 7) is 3.61.